The van der Waals surface area contributed by atoms with Crippen LogP contribution in [-0.4, -0.2) is 19.4 Å². The first-order valence-electron chi connectivity index (χ1n) is 6.85. The number of rotatable bonds is 6. The highest BCUT2D eigenvalue weighted by molar-refractivity contribution is 5.51. The Morgan fingerprint density at radius 1 is 1.16 bits per heavy atom. The zero-order valence-corrected chi connectivity index (χ0v) is 12.2. The van der Waals surface area contributed by atoms with E-state index in [4.69, 9.17) is 14.2 Å². The van der Waals surface area contributed by atoms with Crippen LogP contribution >= 0.6 is 0 Å². The fraction of sp³-hybridized carbons (Fsp3) is 0.600. The molecule has 0 bridgehead atoms. The van der Waals surface area contributed by atoms with Crippen LogP contribution in [0.1, 0.15) is 33.3 Å². The number of fused-ring (bicyclic) bond motifs is 1. The van der Waals surface area contributed by atoms with Crippen LogP contribution in [0, 0.1) is 5.92 Å². The van der Waals surface area contributed by atoms with E-state index in [0.29, 0.717) is 25.4 Å². The summed E-state index contributed by atoms with van der Waals surface area (Å²) < 4.78 is 16.7. The van der Waals surface area contributed by atoms with Crippen molar-refractivity contribution in [2.24, 2.45) is 5.92 Å². The van der Waals surface area contributed by atoms with Gasteiger partial charge in [-0.1, -0.05) is 27.7 Å². The van der Waals surface area contributed by atoms with Crippen LogP contribution in [0.25, 0.3) is 0 Å². The number of benzene rings is 1. The van der Waals surface area contributed by atoms with Gasteiger partial charge < -0.3 is 19.5 Å². The predicted octanol–water partition coefficient (Wildman–Crippen LogP) is 2.95. The summed E-state index contributed by atoms with van der Waals surface area (Å²) in [5.41, 5.74) is 1.11. The third-order valence-corrected chi connectivity index (χ3v) is 2.83. The van der Waals surface area contributed by atoms with Gasteiger partial charge in [-0.3, -0.25) is 0 Å². The average Bonchev–Trinajstić information content (AvgIpc) is 2.79. The molecule has 0 saturated heterocycles. The molecule has 106 valence electrons. The molecule has 19 heavy (non-hydrogen) atoms. The molecule has 0 saturated carbocycles. The predicted molar refractivity (Wildman–Crippen MR) is 74.9 cm³/mol. The third kappa shape index (κ3) is 3.77. The molecule has 0 atom stereocenters. The first-order valence-corrected chi connectivity index (χ1v) is 6.85. The molecule has 0 unspecified atom stereocenters. The maximum atomic E-state index is 5.88. The minimum atomic E-state index is 0.292. The van der Waals surface area contributed by atoms with Crippen molar-refractivity contribution in [3.8, 4) is 17.2 Å². The molecule has 1 heterocycles. The molecule has 0 amide bonds. The van der Waals surface area contributed by atoms with Gasteiger partial charge in [-0.2, -0.15) is 0 Å². The maximum absolute atomic E-state index is 5.88. The van der Waals surface area contributed by atoms with Crippen LogP contribution in [0.15, 0.2) is 12.1 Å². The molecule has 0 spiro atoms. The molecule has 0 aromatic heterocycles. The Morgan fingerprint density at radius 3 is 2.47 bits per heavy atom. The van der Waals surface area contributed by atoms with Gasteiger partial charge >= 0.3 is 0 Å². The SMILES string of the molecule is CC(C)COc1cc2c(cc1CNC(C)C)OCO2. The summed E-state index contributed by atoms with van der Waals surface area (Å²) in [5.74, 6) is 2.95. The van der Waals surface area contributed by atoms with Gasteiger partial charge in [0.05, 0.1) is 6.61 Å². The van der Waals surface area contributed by atoms with E-state index >= 15 is 0 Å². The molecule has 0 radical (unpaired) electrons. The van der Waals surface area contributed by atoms with Crippen molar-refractivity contribution < 1.29 is 14.2 Å². The van der Waals surface area contributed by atoms with E-state index in [1.54, 1.807) is 0 Å². The summed E-state index contributed by atoms with van der Waals surface area (Å²) in [5, 5.41) is 3.40. The second-order valence-electron chi connectivity index (χ2n) is 5.55. The van der Waals surface area contributed by atoms with Crippen LogP contribution in [0.4, 0.5) is 0 Å². The molecular weight excluding hydrogens is 242 g/mol. The Bertz CT molecular complexity index is 391. The van der Waals surface area contributed by atoms with E-state index in [1.165, 1.54) is 0 Å². The molecule has 4 heteroatoms. The lowest BCUT2D eigenvalue weighted by Crippen LogP contribution is -2.22. The van der Waals surface area contributed by atoms with Crippen molar-refractivity contribution in [2.45, 2.75) is 40.3 Å². The lowest BCUT2D eigenvalue weighted by Gasteiger charge is -2.15. The highest BCUT2D eigenvalue weighted by Crippen LogP contribution is 2.38. The summed E-state index contributed by atoms with van der Waals surface area (Å²) in [6.07, 6.45) is 0. The highest BCUT2D eigenvalue weighted by atomic mass is 16.7. The second-order valence-corrected chi connectivity index (χ2v) is 5.55. The fourth-order valence-corrected chi connectivity index (χ4v) is 1.81. The summed E-state index contributed by atoms with van der Waals surface area (Å²) in [7, 11) is 0. The zero-order valence-electron chi connectivity index (χ0n) is 12.2. The lowest BCUT2D eigenvalue weighted by molar-refractivity contribution is 0.173. The van der Waals surface area contributed by atoms with Gasteiger partial charge in [0.2, 0.25) is 6.79 Å². The Kier molecular flexibility index (Phi) is 4.53. The van der Waals surface area contributed by atoms with Crippen LogP contribution in [0.2, 0.25) is 0 Å². The normalized spacial score (nSPS) is 13.4. The molecule has 1 aromatic rings. The molecule has 1 aliphatic heterocycles. The topological polar surface area (TPSA) is 39.7 Å². The van der Waals surface area contributed by atoms with Gasteiger partial charge in [0.1, 0.15) is 5.75 Å². The van der Waals surface area contributed by atoms with Gasteiger partial charge in [-0.05, 0) is 12.0 Å². The van der Waals surface area contributed by atoms with Crippen LogP contribution in [0.5, 0.6) is 17.2 Å². The van der Waals surface area contributed by atoms with E-state index in [-0.39, 0.29) is 0 Å². The van der Waals surface area contributed by atoms with E-state index in [0.717, 1.165) is 29.4 Å². The van der Waals surface area contributed by atoms with Crippen molar-refractivity contribution in [2.75, 3.05) is 13.4 Å². The van der Waals surface area contributed by atoms with Gasteiger partial charge in [-0.15, -0.1) is 0 Å². The van der Waals surface area contributed by atoms with Gasteiger partial charge in [0.15, 0.2) is 11.5 Å². The molecular formula is C15H23NO3. The largest absolute Gasteiger partial charge is 0.493 e. The molecule has 0 fully saturated rings. The Hall–Kier alpha value is -1.42. The number of hydrogen-bond donors (Lipinski definition) is 1. The lowest BCUT2D eigenvalue weighted by atomic mass is 10.1. The standard InChI is InChI=1S/C15H23NO3/c1-10(2)8-17-13-6-15-14(18-9-19-15)5-12(13)7-16-11(3)4/h5-6,10-11,16H,7-9H2,1-4H3. The first-order chi connectivity index (χ1) is 9.06. The van der Waals surface area contributed by atoms with Gasteiger partial charge in [-0.25, -0.2) is 0 Å². The summed E-state index contributed by atoms with van der Waals surface area (Å²) in [6, 6.07) is 4.37. The summed E-state index contributed by atoms with van der Waals surface area (Å²) in [4.78, 5) is 0. The second kappa shape index (κ2) is 6.15. The van der Waals surface area contributed by atoms with Crippen molar-refractivity contribution in [1.29, 1.82) is 0 Å². The first kappa shape index (κ1) is 14.0. The number of hydrogen-bond acceptors (Lipinski definition) is 4. The van der Waals surface area contributed by atoms with Gasteiger partial charge in [0.25, 0.3) is 0 Å². The molecule has 1 aromatic carbocycles. The smallest absolute Gasteiger partial charge is 0.231 e. The van der Waals surface area contributed by atoms with E-state index in [2.05, 4.69) is 33.0 Å². The molecule has 4 nitrogen and oxygen atoms in total. The summed E-state index contributed by atoms with van der Waals surface area (Å²) >= 11 is 0. The monoisotopic (exact) mass is 265 g/mol. The number of ether oxygens (including phenoxy) is 3. The van der Waals surface area contributed by atoms with Crippen LogP contribution in [0.3, 0.4) is 0 Å². The van der Waals surface area contributed by atoms with E-state index in [1.807, 2.05) is 12.1 Å². The Labute approximate surface area is 115 Å². The third-order valence-electron chi connectivity index (χ3n) is 2.83. The fourth-order valence-electron chi connectivity index (χ4n) is 1.81. The molecule has 1 aliphatic rings. The summed E-state index contributed by atoms with van der Waals surface area (Å²) in [6.45, 7) is 10.3. The number of nitrogens with one attached hydrogen (secondary N) is 1. The molecule has 1 N–H and O–H groups in total. The quantitative estimate of drug-likeness (QED) is 0.858. The van der Waals surface area contributed by atoms with Crippen LogP contribution < -0.4 is 19.5 Å². The minimum absolute atomic E-state index is 0.292. The minimum Gasteiger partial charge on any atom is -0.493 e. The zero-order chi connectivity index (χ0) is 13.8. The van der Waals surface area contributed by atoms with Crippen molar-refractivity contribution >= 4 is 0 Å². The Morgan fingerprint density at radius 2 is 1.84 bits per heavy atom. The molecule has 0 aliphatic carbocycles. The van der Waals surface area contributed by atoms with Crippen molar-refractivity contribution in [1.82, 2.24) is 5.32 Å². The van der Waals surface area contributed by atoms with Gasteiger partial charge in [0, 0.05) is 24.2 Å². The average molecular weight is 265 g/mol. The van der Waals surface area contributed by atoms with Crippen molar-refractivity contribution in [3.05, 3.63) is 17.7 Å². The van der Waals surface area contributed by atoms with E-state index < -0.39 is 0 Å². The maximum Gasteiger partial charge on any atom is 0.231 e. The molecule has 2 rings (SSSR count). The highest BCUT2D eigenvalue weighted by Gasteiger charge is 2.18. The Balaban J connectivity index is 2.16. The van der Waals surface area contributed by atoms with Crippen molar-refractivity contribution in [3.63, 3.8) is 0 Å². The van der Waals surface area contributed by atoms with Crippen LogP contribution in [-0.2, 0) is 6.54 Å². The van der Waals surface area contributed by atoms with E-state index in [9.17, 15) is 0 Å².